The third-order valence-electron chi connectivity index (χ3n) is 6.54. The van der Waals surface area contributed by atoms with Crippen LogP contribution in [0.2, 0.25) is 0 Å². The third kappa shape index (κ3) is 7.41. The van der Waals surface area contributed by atoms with E-state index in [0.29, 0.717) is 18.8 Å². The molecule has 194 valence electrons. The van der Waals surface area contributed by atoms with Crippen LogP contribution >= 0.6 is 0 Å². The van der Waals surface area contributed by atoms with E-state index in [1.165, 1.54) is 0 Å². The SMILES string of the molecule is COc1ccc(CON=C(Cc2ccc(OC(C=O)N3CCN(C)CC3)c(C)c2)c2ccccc2)cc1. The second-order valence-corrected chi connectivity index (χ2v) is 9.29. The van der Waals surface area contributed by atoms with Crippen molar-refractivity contribution in [1.82, 2.24) is 9.80 Å². The van der Waals surface area contributed by atoms with E-state index in [1.54, 1.807) is 7.11 Å². The maximum atomic E-state index is 11.8. The van der Waals surface area contributed by atoms with Gasteiger partial charge in [0.05, 0.1) is 12.8 Å². The molecule has 0 bridgehead atoms. The van der Waals surface area contributed by atoms with E-state index in [9.17, 15) is 4.79 Å². The number of aryl methyl sites for hydroxylation is 1. The zero-order valence-corrected chi connectivity index (χ0v) is 21.8. The van der Waals surface area contributed by atoms with E-state index in [4.69, 9.17) is 14.3 Å². The summed E-state index contributed by atoms with van der Waals surface area (Å²) in [7, 11) is 3.74. The molecule has 0 amide bonds. The number of oxime groups is 1. The molecule has 1 saturated heterocycles. The number of rotatable bonds is 11. The third-order valence-corrected chi connectivity index (χ3v) is 6.54. The predicted octanol–water partition coefficient (Wildman–Crippen LogP) is 4.32. The molecule has 1 heterocycles. The lowest BCUT2D eigenvalue weighted by Gasteiger charge is -2.35. The molecule has 0 spiro atoms. The van der Waals surface area contributed by atoms with Crippen molar-refractivity contribution in [1.29, 1.82) is 0 Å². The second kappa shape index (κ2) is 13.0. The minimum atomic E-state index is -0.578. The number of aldehydes is 1. The molecular formula is C30H35N3O4. The Balaban J connectivity index is 1.45. The van der Waals surface area contributed by atoms with Crippen LogP contribution < -0.4 is 9.47 Å². The molecule has 1 aliphatic rings. The highest BCUT2D eigenvalue weighted by molar-refractivity contribution is 6.01. The number of nitrogens with zero attached hydrogens (tertiary/aromatic N) is 3. The molecule has 7 nitrogen and oxygen atoms in total. The number of ether oxygens (including phenoxy) is 2. The molecule has 1 aliphatic heterocycles. The Morgan fingerprint density at radius 3 is 2.32 bits per heavy atom. The number of benzene rings is 3. The van der Waals surface area contributed by atoms with Gasteiger partial charge in [-0.15, -0.1) is 0 Å². The van der Waals surface area contributed by atoms with Crippen molar-refractivity contribution in [3.63, 3.8) is 0 Å². The highest BCUT2D eigenvalue weighted by Crippen LogP contribution is 2.23. The number of carbonyl (C=O) groups is 1. The smallest absolute Gasteiger partial charge is 0.209 e. The minimum Gasteiger partial charge on any atom is -0.497 e. The number of piperazine rings is 1. The average Bonchev–Trinajstić information content (AvgIpc) is 2.93. The summed E-state index contributed by atoms with van der Waals surface area (Å²) in [6.45, 7) is 5.84. The first kappa shape index (κ1) is 26.4. The number of hydrogen-bond acceptors (Lipinski definition) is 7. The Morgan fingerprint density at radius 1 is 0.973 bits per heavy atom. The van der Waals surface area contributed by atoms with E-state index >= 15 is 0 Å². The monoisotopic (exact) mass is 501 g/mol. The standard InChI is InChI=1S/C30H35N3O4/c1-23-19-25(11-14-29(23)37-30(21-34)33-17-15-32(2)16-18-33)20-28(26-7-5-4-6-8-26)31-36-22-24-9-12-27(35-3)13-10-24/h4-14,19,21,30H,15-18,20,22H2,1-3H3. The van der Waals surface area contributed by atoms with E-state index in [2.05, 4.69) is 28.1 Å². The van der Waals surface area contributed by atoms with Crippen molar-refractivity contribution < 1.29 is 19.1 Å². The predicted molar refractivity (Wildman–Crippen MR) is 145 cm³/mol. The van der Waals surface area contributed by atoms with E-state index in [1.807, 2.05) is 73.7 Å². The molecule has 0 radical (unpaired) electrons. The second-order valence-electron chi connectivity index (χ2n) is 9.29. The van der Waals surface area contributed by atoms with Crippen LogP contribution in [-0.4, -0.2) is 68.4 Å². The first-order valence-electron chi connectivity index (χ1n) is 12.6. The molecule has 1 atom stereocenters. The van der Waals surface area contributed by atoms with Crippen molar-refractivity contribution in [2.24, 2.45) is 5.16 Å². The lowest BCUT2D eigenvalue weighted by molar-refractivity contribution is -0.123. The van der Waals surface area contributed by atoms with Crippen LogP contribution in [0, 0.1) is 6.92 Å². The van der Waals surface area contributed by atoms with Crippen molar-refractivity contribution in [3.8, 4) is 11.5 Å². The van der Waals surface area contributed by atoms with Gasteiger partial charge in [0.1, 0.15) is 18.1 Å². The number of likely N-dealkylation sites (N-methyl/N-ethyl adjacent to an activating group) is 1. The van der Waals surface area contributed by atoms with Crippen molar-refractivity contribution in [2.75, 3.05) is 40.3 Å². The van der Waals surface area contributed by atoms with Crippen LogP contribution in [0.15, 0.2) is 78.0 Å². The molecule has 4 rings (SSSR count). The summed E-state index contributed by atoms with van der Waals surface area (Å²) in [5, 5.41) is 4.51. The Hall–Kier alpha value is -3.68. The fourth-order valence-corrected chi connectivity index (χ4v) is 4.27. The van der Waals surface area contributed by atoms with Gasteiger partial charge in [-0.05, 0) is 54.4 Å². The number of hydrogen-bond donors (Lipinski definition) is 0. The van der Waals surface area contributed by atoms with Crippen LogP contribution in [0.3, 0.4) is 0 Å². The fourth-order valence-electron chi connectivity index (χ4n) is 4.27. The van der Waals surface area contributed by atoms with Crippen molar-refractivity contribution in [2.45, 2.75) is 26.2 Å². The van der Waals surface area contributed by atoms with Crippen molar-refractivity contribution >= 4 is 12.0 Å². The van der Waals surface area contributed by atoms with Gasteiger partial charge in [-0.1, -0.05) is 59.8 Å². The van der Waals surface area contributed by atoms with Crippen LogP contribution in [0.4, 0.5) is 0 Å². The summed E-state index contributed by atoms with van der Waals surface area (Å²) in [5.41, 5.74) is 4.92. The van der Waals surface area contributed by atoms with Crippen LogP contribution in [0.25, 0.3) is 0 Å². The van der Waals surface area contributed by atoms with Gasteiger partial charge in [0, 0.05) is 32.6 Å². The van der Waals surface area contributed by atoms with Crippen LogP contribution in [-0.2, 0) is 22.7 Å². The van der Waals surface area contributed by atoms with Gasteiger partial charge >= 0.3 is 0 Å². The van der Waals surface area contributed by atoms with Gasteiger partial charge in [0.15, 0.2) is 6.29 Å². The topological polar surface area (TPSA) is 63.6 Å². The van der Waals surface area contributed by atoms with Crippen molar-refractivity contribution in [3.05, 3.63) is 95.1 Å². The molecule has 0 N–H and O–H groups in total. The summed E-state index contributed by atoms with van der Waals surface area (Å²) in [6.07, 6.45) is 0.911. The molecule has 7 heteroatoms. The van der Waals surface area contributed by atoms with E-state index in [-0.39, 0.29) is 0 Å². The molecule has 0 saturated carbocycles. The molecule has 3 aromatic carbocycles. The molecule has 0 aliphatic carbocycles. The van der Waals surface area contributed by atoms with Gasteiger partial charge in [-0.3, -0.25) is 9.69 Å². The van der Waals surface area contributed by atoms with Gasteiger partial charge < -0.3 is 19.2 Å². The van der Waals surface area contributed by atoms with Crippen LogP contribution in [0.1, 0.15) is 22.3 Å². The van der Waals surface area contributed by atoms with Gasteiger partial charge in [0.25, 0.3) is 0 Å². The first-order chi connectivity index (χ1) is 18.1. The Kier molecular flexibility index (Phi) is 9.29. The maximum Gasteiger partial charge on any atom is 0.209 e. The maximum absolute atomic E-state index is 11.8. The van der Waals surface area contributed by atoms with Gasteiger partial charge in [-0.25, -0.2) is 0 Å². The highest BCUT2D eigenvalue weighted by Gasteiger charge is 2.24. The Bertz CT molecular complexity index is 1170. The summed E-state index contributed by atoms with van der Waals surface area (Å²) >= 11 is 0. The summed E-state index contributed by atoms with van der Waals surface area (Å²) in [5.74, 6) is 1.52. The lowest BCUT2D eigenvalue weighted by Crippen LogP contribution is -2.51. The molecule has 1 unspecified atom stereocenters. The number of methoxy groups -OCH3 is 1. The molecule has 37 heavy (non-hydrogen) atoms. The quantitative estimate of drug-likeness (QED) is 0.222. The highest BCUT2D eigenvalue weighted by atomic mass is 16.6. The van der Waals surface area contributed by atoms with Gasteiger partial charge in [-0.2, -0.15) is 0 Å². The molecule has 1 fully saturated rings. The average molecular weight is 502 g/mol. The van der Waals surface area contributed by atoms with E-state index in [0.717, 1.165) is 66.2 Å². The molecule has 3 aromatic rings. The summed E-state index contributed by atoms with van der Waals surface area (Å²) in [6, 6.07) is 23.8. The first-order valence-corrected chi connectivity index (χ1v) is 12.6. The zero-order valence-electron chi connectivity index (χ0n) is 21.8. The summed E-state index contributed by atoms with van der Waals surface area (Å²) < 4.78 is 11.3. The summed E-state index contributed by atoms with van der Waals surface area (Å²) in [4.78, 5) is 21.9. The molecular weight excluding hydrogens is 466 g/mol. The normalized spacial score (nSPS) is 15.7. The van der Waals surface area contributed by atoms with E-state index < -0.39 is 6.23 Å². The Morgan fingerprint density at radius 2 is 1.68 bits per heavy atom. The largest absolute Gasteiger partial charge is 0.497 e. The lowest BCUT2D eigenvalue weighted by atomic mass is 10.0. The van der Waals surface area contributed by atoms with Crippen LogP contribution in [0.5, 0.6) is 11.5 Å². The Labute approximate surface area is 219 Å². The minimum absolute atomic E-state index is 0.367. The van der Waals surface area contributed by atoms with Gasteiger partial charge in [0.2, 0.25) is 6.23 Å². The fraction of sp³-hybridized carbons (Fsp3) is 0.333. The number of carbonyl (C=O) groups excluding carboxylic acids is 1. The zero-order chi connectivity index (χ0) is 26.0. The molecule has 0 aromatic heterocycles.